The molecule has 2 aromatic rings. The van der Waals surface area contributed by atoms with Crippen LogP contribution in [0.2, 0.25) is 0 Å². The van der Waals surface area contributed by atoms with Crippen molar-refractivity contribution in [2.45, 2.75) is 12.1 Å². The summed E-state index contributed by atoms with van der Waals surface area (Å²) in [7, 11) is 0. The van der Waals surface area contributed by atoms with Gasteiger partial charge >= 0.3 is 6.18 Å². The molecule has 1 aliphatic heterocycles. The van der Waals surface area contributed by atoms with Crippen LogP contribution in [-0.2, 0) is 11.0 Å². The number of rotatable bonds is 3. The van der Waals surface area contributed by atoms with Gasteiger partial charge in [-0.15, -0.1) is 0 Å². The largest absolute Gasteiger partial charge is 0.416 e. The Morgan fingerprint density at radius 2 is 1.84 bits per heavy atom. The van der Waals surface area contributed by atoms with E-state index in [4.69, 9.17) is 0 Å². The normalized spacial score (nSPS) is 20.5. The second kappa shape index (κ2) is 6.84. The van der Waals surface area contributed by atoms with Crippen LogP contribution in [-0.4, -0.2) is 19.0 Å². The van der Waals surface area contributed by atoms with Crippen LogP contribution in [0.3, 0.4) is 0 Å². The average Bonchev–Trinajstić information content (AvgIpc) is 3.06. The third-order valence-electron chi connectivity index (χ3n) is 4.32. The Morgan fingerprint density at radius 1 is 1.08 bits per heavy atom. The van der Waals surface area contributed by atoms with E-state index < -0.39 is 35.3 Å². The summed E-state index contributed by atoms with van der Waals surface area (Å²) in [4.78, 5) is 12.5. The van der Waals surface area contributed by atoms with Crippen LogP contribution < -0.4 is 10.6 Å². The van der Waals surface area contributed by atoms with Crippen LogP contribution in [0, 0.1) is 11.7 Å². The predicted molar refractivity (Wildman–Crippen MR) is 85.6 cm³/mol. The van der Waals surface area contributed by atoms with E-state index in [1.165, 1.54) is 24.3 Å². The summed E-state index contributed by atoms with van der Waals surface area (Å²) >= 11 is 0. The minimum Gasteiger partial charge on any atom is -0.323 e. The molecule has 2 atom stereocenters. The number of amides is 1. The van der Waals surface area contributed by atoms with Crippen molar-refractivity contribution in [2.75, 3.05) is 18.4 Å². The fraction of sp³-hybridized carbons (Fsp3) is 0.278. The molecule has 3 nitrogen and oxygen atoms in total. The molecule has 0 spiro atoms. The van der Waals surface area contributed by atoms with E-state index in [0.717, 1.165) is 12.1 Å². The maximum absolute atomic E-state index is 13.7. The molecule has 0 aliphatic carbocycles. The molecule has 0 saturated carbocycles. The molecule has 132 valence electrons. The van der Waals surface area contributed by atoms with Gasteiger partial charge in [-0.05, 0) is 23.8 Å². The van der Waals surface area contributed by atoms with Crippen LogP contribution >= 0.6 is 0 Å². The molecule has 0 radical (unpaired) electrons. The van der Waals surface area contributed by atoms with E-state index in [9.17, 15) is 22.4 Å². The Hall–Kier alpha value is -2.41. The quantitative estimate of drug-likeness (QED) is 0.826. The molecule has 2 unspecified atom stereocenters. The molecule has 1 saturated heterocycles. The molecule has 7 heteroatoms. The summed E-state index contributed by atoms with van der Waals surface area (Å²) < 4.78 is 52.4. The van der Waals surface area contributed by atoms with Crippen molar-refractivity contribution in [3.05, 3.63) is 65.5 Å². The molecular weight excluding hydrogens is 336 g/mol. The first kappa shape index (κ1) is 17.4. The third kappa shape index (κ3) is 3.82. The summed E-state index contributed by atoms with van der Waals surface area (Å²) in [5.41, 5.74) is -0.249. The first-order valence-corrected chi connectivity index (χ1v) is 7.79. The lowest BCUT2D eigenvalue weighted by molar-refractivity contribution is -0.137. The van der Waals surface area contributed by atoms with Crippen molar-refractivity contribution in [1.82, 2.24) is 5.32 Å². The van der Waals surface area contributed by atoms with Crippen molar-refractivity contribution in [3.63, 3.8) is 0 Å². The van der Waals surface area contributed by atoms with Gasteiger partial charge in [0, 0.05) is 19.0 Å². The van der Waals surface area contributed by atoms with Crippen molar-refractivity contribution < 1.29 is 22.4 Å². The molecule has 2 N–H and O–H groups in total. The Labute approximate surface area is 142 Å². The predicted octanol–water partition coefficient (Wildman–Crippen LogP) is 3.79. The molecule has 25 heavy (non-hydrogen) atoms. The van der Waals surface area contributed by atoms with Gasteiger partial charge in [0.05, 0.1) is 17.2 Å². The van der Waals surface area contributed by atoms with Crippen molar-refractivity contribution in [1.29, 1.82) is 0 Å². The first-order valence-electron chi connectivity index (χ1n) is 7.79. The Bertz CT molecular complexity index is 776. The highest BCUT2D eigenvalue weighted by atomic mass is 19.4. The number of nitrogens with one attached hydrogen (secondary N) is 2. The van der Waals surface area contributed by atoms with E-state index in [2.05, 4.69) is 10.6 Å². The van der Waals surface area contributed by atoms with E-state index in [1.807, 2.05) is 0 Å². The Kier molecular flexibility index (Phi) is 4.76. The number of hydrogen-bond donors (Lipinski definition) is 2. The van der Waals surface area contributed by atoms with Gasteiger partial charge in [0.25, 0.3) is 0 Å². The molecule has 1 amide bonds. The van der Waals surface area contributed by atoms with E-state index in [-0.39, 0.29) is 5.69 Å². The smallest absolute Gasteiger partial charge is 0.323 e. The van der Waals surface area contributed by atoms with Crippen molar-refractivity contribution in [2.24, 2.45) is 5.92 Å². The van der Waals surface area contributed by atoms with E-state index >= 15 is 0 Å². The minimum absolute atomic E-state index is 0.0576. The zero-order valence-corrected chi connectivity index (χ0v) is 13.1. The Balaban J connectivity index is 1.81. The molecule has 1 aliphatic rings. The Morgan fingerprint density at radius 3 is 2.56 bits per heavy atom. The molecule has 0 bridgehead atoms. The highest BCUT2D eigenvalue weighted by molar-refractivity contribution is 5.93. The maximum Gasteiger partial charge on any atom is 0.416 e. The second-order valence-corrected chi connectivity index (χ2v) is 5.96. The number of hydrogen-bond acceptors (Lipinski definition) is 2. The maximum atomic E-state index is 13.7. The highest BCUT2D eigenvalue weighted by Crippen LogP contribution is 2.34. The molecule has 1 fully saturated rings. The number of benzene rings is 2. The fourth-order valence-electron chi connectivity index (χ4n) is 3.04. The SMILES string of the molecule is O=C(Nc1ccccc1F)C1CNCC1c1cccc(C(F)(F)F)c1. The number of halogens is 4. The van der Waals surface area contributed by atoms with Gasteiger partial charge in [0.1, 0.15) is 5.82 Å². The average molecular weight is 352 g/mol. The van der Waals surface area contributed by atoms with Gasteiger partial charge in [-0.1, -0.05) is 30.3 Å². The fourth-order valence-corrected chi connectivity index (χ4v) is 3.04. The van der Waals surface area contributed by atoms with Crippen LogP contribution in [0.4, 0.5) is 23.2 Å². The van der Waals surface area contributed by atoms with Crippen LogP contribution in [0.5, 0.6) is 0 Å². The highest BCUT2D eigenvalue weighted by Gasteiger charge is 2.36. The monoisotopic (exact) mass is 352 g/mol. The molecule has 1 heterocycles. The zero-order chi connectivity index (χ0) is 18.0. The van der Waals surface area contributed by atoms with Crippen LogP contribution in [0.15, 0.2) is 48.5 Å². The first-order chi connectivity index (χ1) is 11.9. The number of carbonyl (C=O) groups is 1. The van der Waals surface area contributed by atoms with E-state index in [1.54, 1.807) is 12.1 Å². The number of carbonyl (C=O) groups excluding carboxylic acids is 1. The van der Waals surface area contributed by atoms with Crippen LogP contribution in [0.25, 0.3) is 0 Å². The van der Waals surface area contributed by atoms with Crippen molar-refractivity contribution in [3.8, 4) is 0 Å². The number of para-hydroxylation sites is 1. The molecular formula is C18H16F4N2O. The number of anilines is 1. The van der Waals surface area contributed by atoms with Gasteiger partial charge in [-0.25, -0.2) is 4.39 Å². The summed E-state index contributed by atoms with van der Waals surface area (Å²) in [6.07, 6.45) is -4.44. The minimum atomic E-state index is -4.44. The van der Waals surface area contributed by atoms with Crippen molar-refractivity contribution >= 4 is 11.6 Å². The summed E-state index contributed by atoms with van der Waals surface area (Å²) in [5, 5.41) is 5.55. The summed E-state index contributed by atoms with van der Waals surface area (Å²) in [6.45, 7) is 0.706. The topological polar surface area (TPSA) is 41.1 Å². The molecule has 0 aromatic heterocycles. The van der Waals surface area contributed by atoms with Crippen LogP contribution in [0.1, 0.15) is 17.0 Å². The van der Waals surface area contributed by atoms with Gasteiger partial charge in [-0.3, -0.25) is 4.79 Å². The van der Waals surface area contributed by atoms with Gasteiger partial charge in [0.15, 0.2) is 0 Å². The standard InChI is InChI=1S/C18H16F4N2O/c19-15-6-1-2-7-16(15)24-17(25)14-10-23-9-13(14)11-4-3-5-12(8-11)18(20,21)22/h1-8,13-14,23H,9-10H2,(H,24,25). The molecule has 3 rings (SSSR count). The number of alkyl halides is 3. The lowest BCUT2D eigenvalue weighted by Crippen LogP contribution is -2.28. The second-order valence-electron chi connectivity index (χ2n) is 5.96. The zero-order valence-electron chi connectivity index (χ0n) is 13.1. The summed E-state index contributed by atoms with van der Waals surface area (Å²) in [5.74, 6) is -1.97. The lowest BCUT2D eigenvalue weighted by Gasteiger charge is -2.20. The van der Waals surface area contributed by atoms with Gasteiger partial charge in [-0.2, -0.15) is 13.2 Å². The van der Waals surface area contributed by atoms with Gasteiger partial charge < -0.3 is 10.6 Å². The molecule has 2 aromatic carbocycles. The summed E-state index contributed by atoms with van der Waals surface area (Å²) in [6, 6.07) is 10.8. The third-order valence-corrected chi connectivity index (χ3v) is 4.32. The van der Waals surface area contributed by atoms with E-state index in [0.29, 0.717) is 18.7 Å². The van der Waals surface area contributed by atoms with Gasteiger partial charge in [0.2, 0.25) is 5.91 Å². The lowest BCUT2D eigenvalue weighted by atomic mass is 9.87.